The van der Waals surface area contributed by atoms with E-state index in [1.54, 1.807) is 34.0 Å². The summed E-state index contributed by atoms with van der Waals surface area (Å²) in [7, 11) is 7.02. The van der Waals surface area contributed by atoms with E-state index in [4.69, 9.17) is 28.4 Å². The minimum Gasteiger partial charge on any atom is -0.497 e. The number of hydrogen-bond donors (Lipinski definition) is 0. The Balaban J connectivity index is 1.51. The molecule has 6 heteroatoms. The van der Waals surface area contributed by atoms with Crippen molar-refractivity contribution in [3.63, 3.8) is 0 Å². The molecular weight excluding hydrogens is 552 g/mol. The topological polar surface area (TPSA) is 55.4 Å². The molecule has 250 valence electrons. The minimum atomic E-state index is -0.0131. The normalized spacial score (nSPS) is 25.8. The van der Waals surface area contributed by atoms with E-state index in [0.29, 0.717) is 17.8 Å². The van der Waals surface area contributed by atoms with Gasteiger partial charge in [-0.1, -0.05) is 63.8 Å². The standard InChI is InChI=1S/C38H62O6/c1-9-12-13-28(11-3)26-43-37-33(39-5)22-31(23-34(37)40-6)20-18-29-14-16-30(17-15-29)19-21-32-24-35(41-7)38(36(25-32)42-8)44-27(4)10-2/h14,19,21,24,27-28,30-33H,9-13,15-18,20,22-23,25-26H2,1-8H3/b21-19+. The van der Waals surface area contributed by atoms with E-state index in [1.807, 2.05) is 0 Å². The molecule has 0 aromatic rings. The Kier molecular flexibility index (Phi) is 15.8. The summed E-state index contributed by atoms with van der Waals surface area (Å²) < 4.78 is 35.8. The van der Waals surface area contributed by atoms with Crippen molar-refractivity contribution in [3.8, 4) is 0 Å². The lowest BCUT2D eigenvalue weighted by Crippen LogP contribution is -2.29. The third kappa shape index (κ3) is 10.6. The SMILES string of the molecule is CCCCC(CC)COC1=C(OC)CC(CCC2=CCC(/C=C/C3C=C(OC)C(OC(C)CC)=C(OC)C3)CC2)CC1OC. The Morgan fingerprint density at radius 1 is 0.955 bits per heavy atom. The lowest BCUT2D eigenvalue weighted by molar-refractivity contribution is 0.00942. The summed E-state index contributed by atoms with van der Waals surface area (Å²) in [6.45, 7) is 9.47. The third-order valence-electron chi connectivity index (χ3n) is 9.81. The molecule has 6 unspecified atom stereocenters. The molecule has 0 radical (unpaired) electrons. The first-order valence-corrected chi connectivity index (χ1v) is 17.4. The van der Waals surface area contributed by atoms with E-state index in [0.717, 1.165) is 80.3 Å². The molecule has 0 spiro atoms. The maximum Gasteiger partial charge on any atom is 0.199 e. The highest BCUT2D eigenvalue weighted by molar-refractivity contribution is 5.31. The fraction of sp³-hybridized carbons (Fsp3) is 0.737. The van der Waals surface area contributed by atoms with Crippen LogP contribution in [0.4, 0.5) is 0 Å². The van der Waals surface area contributed by atoms with Crippen LogP contribution in [0.1, 0.15) is 111 Å². The molecule has 0 heterocycles. The van der Waals surface area contributed by atoms with Crippen molar-refractivity contribution in [1.29, 1.82) is 0 Å². The van der Waals surface area contributed by atoms with Crippen molar-refractivity contribution in [1.82, 2.24) is 0 Å². The molecule has 0 N–H and O–H groups in total. The fourth-order valence-electron chi connectivity index (χ4n) is 6.56. The summed E-state index contributed by atoms with van der Waals surface area (Å²) >= 11 is 0. The summed E-state index contributed by atoms with van der Waals surface area (Å²) in [6.07, 6.45) is 23.9. The van der Waals surface area contributed by atoms with Crippen LogP contribution in [0.5, 0.6) is 0 Å². The van der Waals surface area contributed by atoms with Gasteiger partial charge in [0.25, 0.3) is 0 Å². The van der Waals surface area contributed by atoms with E-state index in [9.17, 15) is 0 Å². The molecular formula is C38H62O6. The van der Waals surface area contributed by atoms with Crippen LogP contribution in [0, 0.1) is 23.7 Å². The van der Waals surface area contributed by atoms with E-state index in [1.165, 1.54) is 38.5 Å². The molecule has 0 bridgehead atoms. The summed E-state index contributed by atoms with van der Waals surface area (Å²) in [5.41, 5.74) is 1.60. The van der Waals surface area contributed by atoms with Crippen molar-refractivity contribution in [2.24, 2.45) is 23.7 Å². The molecule has 6 atom stereocenters. The monoisotopic (exact) mass is 614 g/mol. The Hall–Kier alpha value is -2.34. The van der Waals surface area contributed by atoms with Gasteiger partial charge in [0, 0.05) is 25.9 Å². The van der Waals surface area contributed by atoms with Crippen LogP contribution in [0.2, 0.25) is 0 Å². The fourth-order valence-corrected chi connectivity index (χ4v) is 6.56. The molecule has 6 nitrogen and oxygen atoms in total. The zero-order chi connectivity index (χ0) is 31.9. The van der Waals surface area contributed by atoms with Crippen molar-refractivity contribution < 1.29 is 28.4 Å². The van der Waals surface area contributed by atoms with E-state index in [2.05, 4.69) is 52.0 Å². The van der Waals surface area contributed by atoms with Crippen LogP contribution in [-0.4, -0.2) is 47.3 Å². The van der Waals surface area contributed by atoms with Gasteiger partial charge in [0.2, 0.25) is 0 Å². The van der Waals surface area contributed by atoms with E-state index in [-0.39, 0.29) is 18.1 Å². The van der Waals surface area contributed by atoms with Crippen LogP contribution in [0.3, 0.4) is 0 Å². The first-order valence-electron chi connectivity index (χ1n) is 17.4. The lowest BCUT2D eigenvalue weighted by atomic mass is 9.82. The van der Waals surface area contributed by atoms with Gasteiger partial charge in [0.1, 0.15) is 17.6 Å². The van der Waals surface area contributed by atoms with Gasteiger partial charge in [0.05, 0.1) is 34.0 Å². The molecule has 44 heavy (non-hydrogen) atoms. The predicted octanol–water partition coefficient (Wildman–Crippen LogP) is 9.79. The maximum absolute atomic E-state index is 6.40. The number of allylic oxidation sites excluding steroid dienone is 7. The van der Waals surface area contributed by atoms with Crippen LogP contribution in [0.25, 0.3) is 0 Å². The number of ether oxygens (including phenoxy) is 6. The highest BCUT2D eigenvalue weighted by Gasteiger charge is 2.32. The van der Waals surface area contributed by atoms with Gasteiger partial charge in [-0.25, -0.2) is 0 Å². The number of methoxy groups -OCH3 is 4. The van der Waals surface area contributed by atoms with Crippen LogP contribution >= 0.6 is 0 Å². The van der Waals surface area contributed by atoms with Gasteiger partial charge >= 0.3 is 0 Å². The van der Waals surface area contributed by atoms with Crippen LogP contribution in [0.15, 0.2) is 58.7 Å². The van der Waals surface area contributed by atoms with Gasteiger partial charge in [-0.15, -0.1) is 0 Å². The van der Waals surface area contributed by atoms with Crippen LogP contribution in [-0.2, 0) is 28.4 Å². The minimum absolute atomic E-state index is 0.0131. The summed E-state index contributed by atoms with van der Waals surface area (Å²) in [6, 6.07) is 0. The van der Waals surface area contributed by atoms with Crippen molar-refractivity contribution >= 4 is 0 Å². The van der Waals surface area contributed by atoms with Crippen LogP contribution < -0.4 is 0 Å². The van der Waals surface area contributed by atoms with Gasteiger partial charge in [-0.2, -0.15) is 0 Å². The number of unbranched alkanes of at least 4 members (excludes halogenated alkanes) is 1. The zero-order valence-electron chi connectivity index (χ0n) is 29.1. The average molecular weight is 615 g/mol. The largest absolute Gasteiger partial charge is 0.497 e. The highest BCUT2D eigenvalue weighted by Crippen LogP contribution is 2.38. The Bertz CT molecular complexity index is 1020. The van der Waals surface area contributed by atoms with E-state index < -0.39 is 0 Å². The molecule has 0 aliphatic heterocycles. The molecule has 0 aromatic heterocycles. The quantitative estimate of drug-likeness (QED) is 0.135. The van der Waals surface area contributed by atoms with Crippen molar-refractivity contribution in [2.75, 3.05) is 35.0 Å². The molecule has 3 aliphatic rings. The van der Waals surface area contributed by atoms with Gasteiger partial charge in [-0.05, 0) is 82.1 Å². The second-order valence-corrected chi connectivity index (χ2v) is 13.0. The molecule has 0 fully saturated rings. The van der Waals surface area contributed by atoms with Gasteiger partial charge < -0.3 is 28.4 Å². The molecule has 3 aliphatic carbocycles. The van der Waals surface area contributed by atoms with E-state index >= 15 is 0 Å². The van der Waals surface area contributed by atoms with Crippen molar-refractivity contribution in [2.45, 2.75) is 123 Å². The summed E-state index contributed by atoms with van der Waals surface area (Å²) in [5, 5.41) is 0. The third-order valence-corrected chi connectivity index (χ3v) is 9.81. The van der Waals surface area contributed by atoms with Gasteiger partial charge in [-0.3, -0.25) is 0 Å². The lowest BCUT2D eigenvalue weighted by Gasteiger charge is -2.33. The van der Waals surface area contributed by atoms with Crippen molar-refractivity contribution in [3.05, 3.63) is 58.7 Å². The second-order valence-electron chi connectivity index (χ2n) is 13.0. The first kappa shape index (κ1) is 36.1. The highest BCUT2D eigenvalue weighted by atomic mass is 16.6. The summed E-state index contributed by atoms with van der Waals surface area (Å²) in [5.74, 6) is 6.27. The molecule has 3 rings (SSSR count). The number of hydrogen-bond acceptors (Lipinski definition) is 6. The molecule has 0 saturated heterocycles. The maximum atomic E-state index is 6.40. The molecule has 0 aromatic carbocycles. The zero-order valence-corrected chi connectivity index (χ0v) is 29.1. The smallest absolute Gasteiger partial charge is 0.199 e. The average Bonchev–Trinajstić information content (AvgIpc) is 3.06. The second kappa shape index (κ2) is 19.2. The Labute approximate surface area is 268 Å². The molecule has 0 amide bonds. The summed E-state index contributed by atoms with van der Waals surface area (Å²) in [4.78, 5) is 0. The number of rotatable bonds is 19. The van der Waals surface area contributed by atoms with Gasteiger partial charge in [0.15, 0.2) is 17.3 Å². The first-order chi connectivity index (χ1) is 21.4. The predicted molar refractivity (Wildman–Crippen MR) is 179 cm³/mol. The Morgan fingerprint density at radius 2 is 1.75 bits per heavy atom. The molecule has 0 saturated carbocycles. The Morgan fingerprint density at radius 3 is 2.36 bits per heavy atom.